The molecule has 3 rings (SSSR count). The lowest BCUT2D eigenvalue weighted by Gasteiger charge is -2.11. The summed E-state index contributed by atoms with van der Waals surface area (Å²) in [5, 5.41) is 0.681. The van der Waals surface area contributed by atoms with Gasteiger partial charge in [-0.25, -0.2) is 4.98 Å². The van der Waals surface area contributed by atoms with E-state index in [9.17, 15) is 0 Å². The number of hydrogen-bond donors (Lipinski definition) is 0. The molecule has 0 atom stereocenters. The van der Waals surface area contributed by atoms with Gasteiger partial charge >= 0.3 is 0 Å². The highest BCUT2D eigenvalue weighted by atomic mass is 35.5. The van der Waals surface area contributed by atoms with Crippen LogP contribution in [0.25, 0.3) is 16.7 Å². The SMILES string of the molecule is COc1cccc2c1nc(CCl)n2-c1cc(Cl)ccc1C. The van der Waals surface area contributed by atoms with Gasteiger partial charge in [0.05, 0.1) is 24.2 Å². The van der Waals surface area contributed by atoms with Crippen LogP contribution in [0.5, 0.6) is 5.75 Å². The van der Waals surface area contributed by atoms with Gasteiger partial charge in [0.15, 0.2) is 0 Å². The van der Waals surface area contributed by atoms with Crippen molar-refractivity contribution in [2.75, 3.05) is 7.11 Å². The Morgan fingerprint density at radius 2 is 2.05 bits per heavy atom. The number of ether oxygens (including phenoxy) is 1. The number of imidazole rings is 1. The largest absolute Gasteiger partial charge is 0.494 e. The molecule has 0 fully saturated rings. The molecule has 1 aromatic heterocycles. The maximum atomic E-state index is 6.15. The standard InChI is InChI=1S/C16H14Cl2N2O/c1-10-6-7-11(18)8-13(10)20-12-4-3-5-14(21-2)16(12)19-15(20)9-17/h3-8H,9H2,1-2H3. The van der Waals surface area contributed by atoms with Crippen LogP contribution in [0.2, 0.25) is 5.02 Å². The van der Waals surface area contributed by atoms with Crippen LogP contribution in [-0.2, 0) is 5.88 Å². The van der Waals surface area contributed by atoms with Crippen LogP contribution in [0.15, 0.2) is 36.4 Å². The third-order valence-corrected chi connectivity index (χ3v) is 3.94. The Balaban J connectivity index is 2.38. The number of rotatable bonds is 3. The van der Waals surface area contributed by atoms with Crippen molar-refractivity contribution in [3.05, 3.63) is 52.8 Å². The van der Waals surface area contributed by atoms with E-state index in [-0.39, 0.29) is 0 Å². The van der Waals surface area contributed by atoms with Gasteiger partial charge in [-0.3, -0.25) is 4.57 Å². The Bertz CT molecular complexity index is 811. The van der Waals surface area contributed by atoms with E-state index in [1.165, 1.54) is 0 Å². The van der Waals surface area contributed by atoms with E-state index in [4.69, 9.17) is 27.9 Å². The van der Waals surface area contributed by atoms with E-state index in [0.29, 0.717) is 10.9 Å². The van der Waals surface area contributed by atoms with Gasteiger partial charge in [-0.15, -0.1) is 11.6 Å². The van der Waals surface area contributed by atoms with Crippen molar-refractivity contribution < 1.29 is 4.74 Å². The number of benzene rings is 2. The van der Waals surface area contributed by atoms with Gasteiger partial charge in [0, 0.05) is 5.02 Å². The third kappa shape index (κ3) is 2.37. The molecule has 3 aromatic rings. The predicted octanol–water partition coefficient (Wildman–Crippen LogP) is 4.73. The van der Waals surface area contributed by atoms with Crippen LogP contribution in [-0.4, -0.2) is 16.7 Å². The van der Waals surface area contributed by atoms with Gasteiger partial charge in [0.2, 0.25) is 0 Å². The molecular weight excluding hydrogens is 307 g/mol. The number of aryl methyl sites for hydroxylation is 1. The van der Waals surface area contributed by atoms with Gasteiger partial charge in [-0.1, -0.05) is 23.7 Å². The summed E-state index contributed by atoms with van der Waals surface area (Å²) in [6.45, 7) is 2.04. The second-order valence-electron chi connectivity index (χ2n) is 4.76. The van der Waals surface area contributed by atoms with Crippen molar-refractivity contribution in [1.82, 2.24) is 9.55 Å². The number of halogens is 2. The Morgan fingerprint density at radius 3 is 2.76 bits per heavy atom. The molecule has 0 aliphatic rings. The van der Waals surface area contributed by atoms with Crippen LogP contribution >= 0.6 is 23.2 Å². The zero-order valence-corrected chi connectivity index (χ0v) is 13.2. The predicted molar refractivity (Wildman–Crippen MR) is 86.9 cm³/mol. The lowest BCUT2D eigenvalue weighted by molar-refractivity contribution is 0.419. The van der Waals surface area contributed by atoms with E-state index in [2.05, 4.69) is 4.98 Å². The lowest BCUT2D eigenvalue weighted by Crippen LogP contribution is -2.01. The van der Waals surface area contributed by atoms with Crippen LogP contribution in [0, 0.1) is 6.92 Å². The first-order valence-corrected chi connectivity index (χ1v) is 7.43. The summed E-state index contributed by atoms with van der Waals surface area (Å²) in [6, 6.07) is 11.6. The van der Waals surface area contributed by atoms with Crippen LogP contribution in [0.3, 0.4) is 0 Å². The van der Waals surface area contributed by atoms with Gasteiger partial charge in [-0.05, 0) is 36.8 Å². The highest BCUT2D eigenvalue weighted by molar-refractivity contribution is 6.30. The van der Waals surface area contributed by atoms with E-state index in [0.717, 1.165) is 33.9 Å². The molecule has 0 spiro atoms. The third-order valence-electron chi connectivity index (χ3n) is 3.47. The second kappa shape index (κ2) is 5.58. The molecule has 0 saturated carbocycles. The van der Waals surface area contributed by atoms with Gasteiger partial charge in [0.25, 0.3) is 0 Å². The molecule has 3 nitrogen and oxygen atoms in total. The van der Waals surface area contributed by atoms with E-state index in [1.807, 2.05) is 47.9 Å². The molecule has 0 saturated heterocycles. The van der Waals surface area contributed by atoms with E-state index < -0.39 is 0 Å². The Morgan fingerprint density at radius 1 is 1.24 bits per heavy atom. The maximum absolute atomic E-state index is 6.15. The Hall–Kier alpha value is -1.71. The summed E-state index contributed by atoms with van der Waals surface area (Å²) < 4.78 is 7.42. The molecule has 5 heteroatoms. The number of alkyl halides is 1. The van der Waals surface area contributed by atoms with Gasteiger partial charge in [0.1, 0.15) is 17.1 Å². The van der Waals surface area contributed by atoms with Crippen LogP contribution in [0.1, 0.15) is 11.4 Å². The summed E-state index contributed by atoms with van der Waals surface area (Å²) in [7, 11) is 1.64. The summed E-state index contributed by atoms with van der Waals surface area (Å²) >= 11 is 12.2. The molecule has 1 heterocycles. The highest BCUT2D eigenvalue weighted by Crippen LogP contribution is 2.31. The number of fused-ring (bicyclic) bond motifs is 1. The molecule has 0 unspecified atom stereocenters. The Kier molecular flexibility index (Phi) is 3.79. The van der Waals surface area contributed by atoms with Crippen molar-refractivity contribution in [2.24, 2.45) is 0 Å². The second-order valence-corrected chi connectivity index (χ2v) is 5.46. The average molecular weight is 321 g/mol. The quantitative estimate of drug-likeness (QED) is 0.652. The van der Waals surface area contributed by atoms with Gasteiger partial charge in [-0.2, -0.15) is 0 Å². The first kappa shape index (κ1) is 14.2. The fraction of sp³-hybridized carbons (Fsp3) is 0.188. The minimum absolute atomic E-state index is 0.309. The van der Waals surface area contributed by atoms with E-state index >= 15 is 0 Å². The Labute approximate surface area is 133 Å². The number of nitrogens with zero attached hydrogens (tertiary/aromatic N) is 2. The van der Waals surface area contributed by atoms with Crippen molar-refractivity contribution in [2.45, 2.75) is 12.8 Å². The lowest BCUT2D eigenvalue weighted by atomic mass is 10.2. The molecule has 0 aliphatic heterocycles. The first-order chi connectivity index (χ1) is 10.2. The van der Waals surface area contributed by atoms with Gasteiger partial charge < -0.3 is 4.74 Å². The molecule has 108 valence electrons. The highest BCUT2D eigenvalue weighted by Gasteiger charge is 2.16. The minimum Gasteiger partial charge on any atom is -0.494 e. The molecule has 0 amide bonds. The van der Waals surface area contributed by atoms with Crippen LogP contribution in [0.4, 0.5) is 0 Å². The fourth-order valence-corrected chi connectivity index (χ4v) is 2.81. The van der Waals surface area contributed by atoms with Crippen molar-refractivity contribution in [3.8, 4) is 11.4 Å². The molecular formula is C16H14Cl2N2O. The zero-order valence-electron chi connectivity index (χ0n) is 11.7. The molecule has 0 bridgehead atoms. The smallest absolute Gasteiger partial charge is 0.146 e. The first-order valence-electron chi connectivity index (χ1n) is 6.52. The van der Waals surface area contributed by atoms with Crippen LogP contribution < -0.4 is 4.74 Å². The number of para-hydroxylation sites is 1. The molecule has 0 N–H and O–H groups in total. The van der Waals surface area contributed by atoms with Crippen molar-refractivity contribution in [3.63, 3.8) is 0 Å². The summed E-state index contributed by atoms with van der Waals surface area (Å²) in [5.41, 5.74) is 3.84. The molecule has 0 radical (unpaired) electrons. The number of aromatic nitrogens is 2. The fourth-order valence-electron chi connectivity index (χ4n) is 2.47. The van der Waals surface area contributed by atoms with Crippen molar-refractivity contribution >= 4 is 34.2 Å². The number of methoxy groups -OCH3 is 1. The normalized spacial score (nSPS) is 11.0. The summed E-state index contributed by atoms with van der Waals surface area (Å²) in [6.07, 6.45) is 0. The topological polar surface area (TPSA) is 27.1 Å². The number of hydrogen-bond acceptors (Lipinski definition) is 2. The van der Waals surface area contributed by atoms with Crippen molar-refractivity contribution in [1.29, 1.82) is 0 Å². The molecule has 0 aliphatic carbocycles. The summed E-state index contributed by atoms with van der Waals surface area (Å²) in [4.78, 5) is 4.61. The maximum Gasteiger partial charge on any atom is 0.146 e. The monoisotopic (exact) mass is 320 g/mol. The molecule has 2 aromatic carbocycles. The minimum atomic E-state index is 0.309. The average Bonchev–Trinajstić information content (AvgIpc) is 2.88. The summed E-state index contributed by atoms with van der Waals surface area (Å²) in [5.74, 6) is 1.81. The molecule has 21 heavy (non-hydrogen) atoms. The zero-order chi connectivity index (χ0) is 15.0. The van der Waals surface area contributed by atoms with E-state index in [1.54, 1.807) is 7.11 Å².